The zero-order valence-corrected chi connectivity index (χ0v) is 9.64. The van der Waals surface area contributed by atoms with Crippen LogP contribution in [-0.2, 0) is 16.0 Å². The van der Waals surface area contributed by atoms with Crippen molar-refractivity contribution in [3.63, 3.8) is 0 Å². The van der Waals surface area contributed by atoms with Crippen LogP contribution in [0.15, 0.2) is 43.0 Å². The molecule has 0 aliphatic carbocycles. The summed E-state index contributed by atoms with van der Waals surface area (Å²) < 4.78 is 0. The normalized spacial score (nSPS) is 13.5. The van der Waals surface area contributed by atoms with Crippen LogP contribution < -0.4 is 5.32 Å². The number of amides is 1. The number of carboxylic acids is 1. The molecule has 0 aromatic heterocycles. The Bertz CT molecular complexity index is 428. The highest BCUT2D eigenvalue weighted by Gasteiger charge is 2.34. The van der Waals surface area contributed by atoms with E-state index in [1.807, 2.05) is 30.3 Å². The van der Waals surface area contributed by atoms with E-state index in [1.165, 1.54) is 6.92 Å². The lowest BCUT2D eigenvalue weighted by Gasteiger charge is -2.25. The van der Waals surface area contributed by atoms with Gasteiger partial charge < -0.3 is 10.4 Å². The summed E-state index contributed by atoms with van der Waals surface area (Å²) in [6.45, 7) is 4.78. The fourth-order valence-electron chi connectivity index (χ4n) is 1.50. The van der Waals surface area contributed by atoms with Gasteiger partial charge >= 0.3 is 5.97 Å². The molecule has 17 heavy (non-hydrogen) atoms. The number of aliphatic carboxylic acids is 1. The number of carbonyl (C=O) groups is 2. The number of carbonyl (C=O) groups excluding carboxylic acids is 1. The Morgan fingerprint density at radius 1 is 1.41 bits per heavy atom. The molecule has 1 unspecified atom stereocenters. The summed E-state index contributed by atoms with van der Waals surface area (Å²) in [4.78, 5) is 22.5. The molecular formula is C13H15NO3. The van der Waals surface area contributed by atoms with Crippen molar-refractivity contribution in [1.29, 1.82) is 0 Å². The molecule has 0 aliphatic heterocycles. The molecule has 0 saturated heterocycles. The minimum absolute atomic E-state index is 0.225. The van der Waals surface area contributed by atoms with Gasteiger partial charge in [0, 0.05) is 6.42 Å². The van der Waals surface area contributed by atoms with E-state index in [0.29, 0.717) is 0 Å². The van der Waals surface area contributed by atoms with Crippen molar-refractivity contribution < 1.29 is 14.7 Å². The van der Waals surface area contributed by atoms with Gasteiger partial charge in [0.05, 0.1) is 0 Å². The Hall–Kier alpha value is -2.10. The van der Waals surface area contributed by atoms with Crippen LogP contribution in [0, 0.1) is 0 Å². The Morgan fingerprint density at radius 3 is 2.47 bits per heavy atom. The maximum atomic E-state index is 11.2. The van der Waals surface area contributed by atoms with Crippen molar-refractivity contribution in [2.24, 2.45) is 0 Å². The molecule has 1 aromatic carbocycles. The third-order valence-corrected chi connectivity index (χ3v) is 2.46. The first-order valence-electron chi connectivity index (χ1n) is 5.20. The summed E-state index contributed by atoms with van der Waals surface area (Å²) in [5.41, 5.74) is -0.478. The van der Waals surface area contributed by atoms with E-state index in [9.17, 15) is 14.7 Å². The van der Waals surface area contributed by atoms with E-state index in [4.69, 9.17) is 0 Å². The molecule has 4 heteroatoms. The summed E-state index contributed by atoms with van der Waals surface area (Å²) in [7, 11) is 0. The van der Waals surface area contributed by atoms with Crippen LogP contribution >= 0.6 is 0 Å². The third-order valence-electron chi connectivity index (χ3n) is 2.46. The largest absolute Gasteiger partial charge is 0.480 e. The molecule has 0 spiro atoms. The van der Waals surface area contributed by atoms with Crippen LogP contribution in [-0.4, -0.2) is 22.5 Å². The van der Waals surface area contributed by atoms with Crippen molar-refractivity contribution in [1.82, 2.24) is 5.32 Å². The quantitative estimate of drug-likeness (QED) is 0.755. The van der Waals surface area contributed by atoms with E-state index in [1.54, 1.807) is 0 Å². The first-order chi connectivity index (χ1) is 7.98. The Kier molecular flexibility index (Phi) is 4.04. The Balaban J connectivity index is 2.89. The predicted molar refractivity (Wildman–Crippen MR) is 64.5 cm³/mol. The molecular weight excluding hydrogens is 218 g/mol. The molecule has 0 bridgehead atoms. The second-order valence-electron chi connectivity index (χ2n) is 3.99. The van der Waals surface area contributed by atoms with Gasteiger partial charge in [-0.05, 0) is 18.6 Å². The van der Waals surface area contributed by atoms with E-state index < -0.39 is 17.4 Å². The molecule has 0 aliphatic rings. The lowest BCUT2D eigenvalue weighted by atomic mass is 9.93. The molecule has 0 fully saturated rings. The Labute approximate surface area is 100.0 Å². The van der Waals surface area contributed by atoms with Crippen LogP contribution in [0.25, 0.3) is 0 Å². The number of hydrogen-bond donors (Lipinski definition) is 2. The molecule has 90 valence electrons. The molecule has 2 N–H and O–H groups in total. The lowest BCUT2D eigenvalue weighted by Crippen LogP contribution is -2.53. The second-order valence-corrected chi connectivity index (χ2v) is 3.99. The standard InChI is InChI=1S/C13H15NO3/c1-3-11(15)14-13(2,12(16)17)9-10-7-5-4-6-8-10/h3-8H,1,9H2,2H3,(H,14,15)(H,16,17). The molecule has 1 aromatic rings. The second kappa shape index (κ2) is 5.30. The topological polar surface area (TPSA) is 66.4 Å². The number of carboxylic acid groups (broad SMARTS) is 1. The lowest BCUT2D eigenvalue weighted by molar-refractivity contribution is -0.146. The van der Waals surface area contributed by atoms with Gasteiger partial charge in [0.1, 0.15) is 5.54 Å². The van der Waals surface area contributed by atoms with Gasteiger partial charge in [-0.1, -0.05) is 36.9 Å². The van der Waals surface area contributed by atoms with Gasteiger partial charge in [-0.15, -0.1) is 0 Å². The Morgan fingerprint density at radius 2 is 2.00 bits per heavy atom. The average Bonchev–Trinajstić information content (AvgIpc) is 2.29. The molecule has 1 amide bonds. The van der Waals surface area contributed by atoms with E-state index in [-0.39, 0.29) is 6.42 Å². The average molecular weight is 233 g/mol. The van der Waals surface area contributed by atoms with Gasteiger partial charge in [0.2, 0.25) is 5.91 Å². The van der Waals surface area contributed by atoms with Gasteiger partial charge in [-0.25, -0.2) is 4.79 Å². The minimum Gasteiger partial charge on any atom is -0.480 e. The fraction of sp³-hybridized carbons (Fsp3) is 0.231. The van der Waals surface area contributed by atoms with Crippen molar-refractivity contribution in [3.8, 4) is 0 Å². The monoisotopic (exact) mass is 233 g/mol. The molecule has 1 rings (SSSR count). The highest BCUT2D eigenvalue weighted by atomic mass is 16.4. The number of hydrogen-bond acceptors (Lipinski definition) is 2. The zero-order valence-electron chi connectivity index (χ0n) is 9.64. The highest BCUT2D eigenvalue weighted by molar-refractivity contribution is 5.92. The van der Waals surface area contributed by atoms with E-state index in [2.05, 4.69) is 11.9 Å². The fourth-order valence-corrected chi connectivity index (χ4v) is 1.50. The summed E-state index contributed by atoms with van der Waals surface area (Å²) in [5.74, 6) is -1.57. The van der Waals surface area contributed by atoms with Crippen molar-refractivity contribution >= 4 is 11.9 Å². The predicted octanol–water partition coefficient (Wildman–Crippen LogP) is 1.37. The SMILES string of the molecule is C=CC(=O)NC(C)(Cc1ccccc1)C(=O)O. The minimum atomic E-state index is -1.33. The first-order valence-corrected chi connectivity index (χ1v) is 5.20. The van der Waals surface area contributed by atoms with Gasteiger partial charge in [-0.3, -0.25) is 4.79 Å². The van der Waals surface area contributed by atoms with Crippen LogP contribution in [0.5, 0.6) is 0 Å². The number of nitrogens with one attached hydrogen (secondary N) is 1. The molecule has 1 atom stereocenters. The van der Waals surface area contributed by atoms with Crippen LogP contribution in [0.3, 0.4) is 0 Å². The number of rotatable bonds is 5. The van der Waals surface area contributed by atoms with Gasteiger partial charge in [0.15, 0.2) is 0 Å². The van der Waals surface area contributed by atoms with Crippen LogP contribution in [0.1, 0.15) is 12.5 Å². The maximum Gasteiger partial charge on any atom is 0.329 e. The smallest absolute Gasteiger partial charge is 0.329 e. The summed E-state index contributed by atoms with van der Waals surface area (Å²) in [6, 6.07) is 9.15. The van der Waals surface area contributed by atoms with Crippen molar-refractivity contribution in [2.75, 3.05) is 0 Å². The summed E-state index contributed by atoms with van der Waals surface area (Å²) >= 11 is 0. The van der Waals surface area contributed by atoms with E-state index >= 15 is 0 Å². The summed E-state index contributed by atoms with van der Waals surface area (Å²) in [5, 5.41) is 11.6. The molecule has 0 saturated carbocycles. The molecule has 4 nitrogen and oxygen atoms in total. The maximum absolute atomic E-state index is 11.2. The van der Waals surface area contributed by atoms with Gasteiger partial charge in [-0.2, -0.15) is 0 Å². The molecule has 0 heterocycles. The van der Waals surface area contributed by atoms with Crippen molar-refractivity contribution in [3.05, 3.63) is 48.6 Å². The van der Waals surface area contributed by atoms with Crippen molar-refractivity contribution in [2.45, 2.75) is 18.9 Å². The van der Waals surface area contributed by atoms with Gasteiger partial charge in [0.25, 0.3) is 0 Å². The summed E-state index contributed by atoms with van der Waals surface area (Å²) in [6.07, 6.45) is 1.29. The van der Waals surface area contributed by atoms with E-state index in [0.717, 1.165) is 11.6 Å². The van der Waals surface area contributed by atoms with Crippen LogP contribution in [0.2, 0.25) is 0 Å². The zero-order chi connectivity index (χ0) is 12.9. The highest BCUT2D eigenvalue weighted by Crippen LogP contribution is 2.13. The third kappa shape index (κ3) is 3.45. The number of benzene rings is 1. The molecule has 0 radical (unpaired) electrons. The first kappa shape index (κ1) is 13.0. The van der Waals surface area contributed by atoms with Crippen LogP contribution in [0.4, 0.5) is 0 Å².